The van der Waals surface area contributed by atoms with E-state index in [1.165, 1.54) is 23.3 Å². The maximum absolute atomic E-state index is 13.5. The number of aromatic amines is 1. The van der Waals surface area contributed by atoms with E-state index in [1.54, 1.807) is 16.8 Å². The Morgan fingerprint density at radius 2 is 1.83 bits per heavy atom. The molecule has 0 aliphatic carbocycles. The van der Waals surface area contributed by atoms with Crippen molar-refractivity contribution >= 4 is 10.9 Å². The molecule has 5 aromatic rings. The van der Waals surface area contributed by atoms with Gasteiger partial charge in [0.05, 0.1) is 6.54 Å². The molecule has 1 atom stereocenters. The van der Waals surface area contributed by atoms with Crippen molar-refractivity contribution in [2.24, 2.45) is 0 Å². The van der Waals surface area contributed by atoms with Gasteiger partial charge in [-0.05, 0) is 75.7 Å². The lowest BCUT2D eigenvalue weighted by atomic mass is 9.95. The van der Waals surface area contributed by atoms with Gasteiger partial charge < -0.3 is 4.98 Å². The number of rotatable bonds is 5. The number of aromatic nitrogens is 5. The Morgan fingerprint density at radius 3 is 2.67 bits per heavy atom. The molecule has 1 aliphatic rings. The largest absolute Gasteiger partial charge is 0.322 e. The van der Waals surface area contributed by atoms with E-state index in [0.29, 0.717) is 24.5 Å². The van der Waals surface area contributed by atoms with Gasteiger partial charge in [0.1, 0.15) is 11.9 Å². The third-order valence-corrected chi connectivity index (χ3v) is 6.90. The van der Waals surface area contributed by atoms with Crippen LogP contribution in [0.25, 0.3) is 10.9 Å². The lowest BCUT2D eigenvalue weighted by Crippen LogP contribution is -2.38. The smallest absolute Gasteiger partial charge is 0.253 e. The summed E-state index contributed by atoms with van der Waals surface area (Å²) in [5, 5.41) is 13.6. The van der Waals surface area contributed by atoms with Crippen LogP contribution in [-0.4, -0.2) is 36.6 Å². The first-order valence-electron chi connectivity index (χ1n) is 12.0. The maximum atomic E-state index is 13.5. The van der Waals surface area contributed by atoms with Crippen molar-refractivity contribution in [3.63, 3.8) is 0 Å². The Morgan fingerprint density at radius 1 is 1.03 bits per heavy atom. The number of pyridine rings is 1. The predicted octanol–water partition coefficient (Wildman–Crippen LogP) is 4.16. The summed E-state index contributed by atoms with van der Waals surface area (Å²) in [6.07, 6.45) is 0.872. The number of tetrazole rings is 1. The van der Waals surface area contributed by atoms with Gasteiger partial charge in [0.25, 0.3) is 5.56 Å². The minimum Gasteiger partial charge on any atom is -0.322 e. The summed E-state index contributed by atoms with van der Waals surface area (Å²) >= 11 is 0. The fourth-order valence-corrected chi connectivity index (χ4v) is 5.05. The van der Waals surface area contributed by atoms with Gasteiger partial charge in [-0.25, -0.2) is 9.07 Å². The van der Waals surface area contributed by atoms with Crippen LogP contribution >= 0.6 is 0 Å². The zero-order chi connectivity index (χ0) is 24.6. The molecule has 2 aromatic heterocycles. The molecule has 0 saturated heterocycles. The van der Waals surface area contributed by atoms with Crippen LogP contribution in [0.4, 0.5) is 4.39 Å². The van der Waals surface area contributed by atoms with E-state index < -0.39 is 6.04 Å². The molecule has 3 aromatic carbocycles. The lowest BCUT2D eigenvalue weighted by molar-refractivity contribution is 0.194. The third kappa shape index (κ3) is 4.20. The molecular formula is C28H25FN6O. The second-order valence-corrected chi connectivity index (χ2v) is 9.36. The molecule has 36 heavy (non-hydrogen) atoms. The van der Waals surface area contributed by atoms with Crippen molar-refractivity contribution in [1.82, 2.24) is 30.1 Å². The van der Waals surface area contributed by atoms with Crippen molar-refractivity contribution in [1.29, 1.82) is 0 Å². The third-order valence-electron chi connectivity index (χ3n) is 6.90. The van der Waals surface area contributed by atoms with Crippen molar-refractivity contribution in [3.05, 3.63) is 123 Å². The molecule has 1 aliphatic heterocycles. The number of benzene rings is 3. The number of hydrogen-bond acceptors (Lipinski definition) is 5. The van der Waals surface area contributed by atoms with E-state index in [-0.39, 0.29) is 11.4 Å². The second-order valence-electron chi connectivity index (χ2n) is 9.36. The Balaban J connectivity index is 1.47. The highest BCUT2D eigenvalue weighted by Gasteiger charge is 2.32. The van der Waals surface area contributed by atoms with Crippen molar-refractivity contribution in [3.8, 4) is 0 Å². The molecule has 3 heterocycles. The van der Waals surface area contributed by atoms with Gasteiger partial charge in [-0.3, -0.25) is 9.69 Å². The van der Waals surface area contributed by atoms with Crippen LogP contribution in [-0.2, 0) is 19.5 Å². The number of nitrogens with one attached hydrogen (secondary N) is 1. The van der Waals surface area contributed by atoms with E-state index in [2.05, 4.69) is 43.6 Å². The van der Waals surface area contributed by atoms with Crippen molar-refractivity contribution in [2.45, 2.75) is 32.5 Å². The minimum absolute atomic E-state index is 0.159. The van der Waals surface area contributed by atoms with E-state index in [9.17, 15) is 9.18 Å². The van der Waals surface area contributed by atoms with Crippen molar-refractivity contribution < 1.29 is 4.39 Å². The van der Waals surface area contributed by atoms with E-state index in [4.69, 9.17) is 0 Å². The summed E-state index contributed by atoms with van der Waals surface area (Å²) in [6, 6.07) is 22.2. The van der Waals surface area contributed by atoms with Crippen LogP contribution in [0.5, 0.6) is 0 Å². The molecule has 1 N–H and O–H groups in total. The molecule has 0 fully saturated rings. The molecule has 0 unspecified atom stereocenters. The van der Waals surface area contributed by atoms with Gasteiger partial charge in [-0.2, -0.15) is 0 Å². The minimum atomic E-state index is -0.455. The number of nitrogens with zero attached hydrogens (tertiary/aromatic N) is 5. The molecule has 7 nitrogen and oxygen atoms in total. The summed E-state index contributed by atoms with van der Waals surface area (Å²) in [5.74, 6) is 0.286. The quantitative estimate of drug-likeness (QED) is 0.409. The van der Waals surface area contributed by atoms with Crippen LogP contribution in [0.15, 0.2) is 77.6 Å². The average molecular weight is 481 g/mol. The SMILES string of the molecule is Cc1ccc2cc([C@H](c3nnnn3Cc3ccc(F)cc3)N3CCc4ccccc4C3)c(=O)[nH]c2c1. The Labute approximate surface area is 207 Å². The van der Waals surface area contributed by atoms with Crippen LogP contribution in [0.3, 0.4) is 0 Å². The molecule has 6 rings (SSSR count). The molecule has 0 bridgehead atoms. The topological polar surface area (TPSA) is 79.7 Å². The Kier molecular flexibility index (Phi) is 5.65. The monoisotopic (exact) mass is 480 g/mol. The summed E-state index contributed by atoms with van der Waals surface area (Å²) in [6.45, 7) is 3.81. The molecule has 0 spiro atoms. The number of fused-ring (bicyclic) bond motifs is 2. The highest BCUT2D eigenvalue weighted by Crippen LogP contribution is 2.32. The van der Waals surface area contributed by atoms with Gasteiger partial charge in [0.15, 0.2) is 5.82 Å². The van der Waals surface area contributed by atoms with Crippen molar-refractivity contribution in [2.75, 3.05) is 6.54 Å². The van der Waals surface area contributed by atoms with E-state index >= 15 is 0 Å². The lowest BCUT2D eigenvalue weighted by Gasteiger charge is -2.34. The number of halogens is 1. The zero-order valence-corrected chi connectivity index (χ0v) is 19.9. The highest BCUT2D eigenvalue weighted by atomic mass is 19.1. The van der Waals surface area contributed by atoms with E-state index in [0.717, 1.165) is 35.0 Å². The normalized spacial score (nSPS) is 14.6. The summed E-state index contributed by atoms with van der Waals surface area (Å²) in [4.78, 5) is 18.8. The van der Waals surface area contributed by atoms with Gasteiger partial charge in [-0.15, -0.1) is 5.10 Å². The number of hydrogen-bond donors (Lipinski definition) is 1. The van der Waals surface area contributed by atoms with Crippen LogP contribution in [0.1, 0.15) is 39.7 Å². The predicted molar refractivity (Wildman–Crippen MR) is 135 cm³/mol. The van der Waals surface area contributed by atoms with Crippen LogP contribution in [0.2, 0.25) is 0 Å². The fourth-order valence-electron chi connectivity index (χ4n) is 5.05. The molecule has 180 valence electrons. The second kappa shape index (κ2) is 9.13. The molecule has 0 radical (unpaired) electrons. The molecule has 8 heteroatoms. The summed E-state index contributed by atoms with van der Waals surface area (Å²) in [7, 11) is 0. The summed E-state index contributed by atoms with van der Waals surface area (Å²) < 4.78 is 15.2. The first-order chi connectivity index (χ1) is 17.5. The Hall–Kier alpha value is -4.17. The van der Waals surface area contributed by atoms with E-state index in [1.807, 2.05) is 37.3 Å². The summed E-state index contributed by atoms with van der Waals surface area (Å²) in [5.41, 5.74) is 5.75. The average Bonchev–Trinajstić information content (AvgIpc) is 3.33. The maximum Gasteiger partial charge on any atom is 0.253 e. The first-order valence-corrected chi connectivity index (χ1v) is 12.0. The zero-order valence-electron chi connectivity index (χ0n) is 19.9. The molecule has 0 saturated carbocycles. The number of aryl methyl sites for hydroxylation is 1. The van der Waals surface area contributed by atoms with Gasteiger partial charge in [0.2, 0.25) is 0 Å². The van der Waals surface area contributed by atoms with Gasteiger partial charge >= 0.3 is 0 Å². The highest BCUT2D eigenvalue weighted by molar-refractivity contribution is 5.79. The van der Waals surface area contributed by atoms with Gasteiger partial charge in [-0.1, -0.05) is 48.5 Å². The molecule has 0 amide bonds. The van der Waals surface area contributed by atoms with Crippen LogP contribution in [0, 0.1) is 12.7 Å². The first kappa shape index (κ1) is 22.3. The van der Waals surface area contributed by atoms with Crippen LogP contribution < -0.4 is 5.56 Å². The molecular weight excluding hydrogens is 455 g/mol. The fraction of sp³-hybridized carbons (Fsp3) is 0.214. The van der Waals surface area contributed by atoms with Gasteiger partial charge in [0, 0.05) is 24.2 Å². The number of H-pyrrole nitrogens is 1. The Bertz CT molecular complexity index is 1610. The standard InChI is InChI=1S/C28H25FN6O/c1-18-6-9-21-15-24(28(36)30-25(21)14-18)26(34-13-12-20-4-2-3-5-22(20)17-34)27-31-32-33-35(27)16-19-7-10-23(29)11-8-19/h2-11,14-15,26H,12-13,16-17H2,1H3,(H,30,36)/t26-/m1/s1.